The molecule has 1 fully saturated rings. The number of halogens is 1. The molecule has 1 N–H and O–H groups in total. The minimum atomic E-state index is -0.575. The topological polar surface area (TPSA) is 81.9 Å². The largest absolute Gasteiger partial charge is 0.438 e. The third-order valence-electron chi connectivity index (χ3n) is 5.28. The van der Waals surface area contributed by atoms with Gasteiger partial charge >= 0.3 is 0 Å². The molecule has 1 aliphatic rings. The molecule has 0 atom stereocenters. The van der Waals surface area contributed by atoms with E-state index in [4.69, 9.17) is 4.74 Å². The zero-order valence-electron chi connectivity index (χ0n) is 16.4. The number of anilines is 1. The quantitative estimate of drug-likeness (QED) is 0.509. The first kappa shape index (κ1) is 18.9. The highest BCUT2D eigenvalue weighted by Crippen LogP contribution is 2.49. The Labute approximate surface area is 177 Å². The molecule has 0 spiro atoms. The second-order valence-corrected chi connectivity index (χ2v) is 7.35. The number of nitrogens with one attached hydrogen (secondary N) is 1. The van der Waals surface area contributed by atoms with Gasteiger partial charge < -0.3 is 10.1 Å². The SMILES string of the molecule is O=C(Nc1ccc(Oc2ccc(-n3cccn3)nn2)cc1)C1(c2ccc(F)cc2)CC1. The van der Waals surface area contributed by atoms with E-state index >= 15 is 0 Å². The van der Waals surface area contributed by atoms with E-state index < -0.39 is 5.41 Å². The molecular formula is C23H18FN5O2. The standard InChI is InChI=1S/C23H18FN5O2/c24-17-4-2-16(3-5-17)23(12-13-23)22(30)26-18-6-8-19(9-7-18)31-21-11-10-20(27-28-21)29-15-1-14-25-29/h1-11,14-15H,12-13H2,(H,26,30). The van der Waals surface area contributed by atoms with Crippen molar-refractivity contribution in [1.29, 1.82) is 0 Å². The van der Waals surface area contributed by atoms with Crippen LogP contribution in [0.1, 0.15) is 18.4 Å². The van der Waals surface area contributed by atoms with Crippen LogP contribution < -0.4 is 10.1 Å². The van der Waals surface area contributed by atoms with Gasteiger partial charge in [-0.15, -0.1) is 10.2 Å². The van der Waals surface area contributed by atoms with Gasteiger partial charge in [0.2, 0.25) is 11.8 Å². The Morgan fingerprint density at radius 1 is 1.00 bits per heavy atom. The monoisotopic (exact) mass is 415 g/mol. The molecule has 1 aliphatic carbocycles. The summed E-state index contributed by atoms with van der Waals surface area (Å²) in [6, 6.07) is 18.4. The third kappa shape index (κ3) is 3.87. The summed E-state index contributed by atoms with van der Waals surface area (Å²) in [4.78, 5) is 12.8. The molecule has 2 aromatic heterocycles. The Kier molecular flexibility index (Phi) is 4.66. The molecule has 4 aromatic rings. The molecule has 8 heteroatoms. The van der Waals surface area contributed by atoms with E-state index in [1.165, 1.54) is 12.1 Å². The number of aromatic nitrogens is 4. The van der Waals surface area contributed by atoms with Crippen LogP contribution in [0.4, 0.5) is 10.1 Å². The lowest BCUT2D eigenvalue weighted by Gasteiger charge is -2.16. The lowest BCUT2D eigenvalue weighted by Crippen LogP contribution is -2.27. The summed E-state index contributed by atoms with van der Waals surface area (Å²) in [6.07, 6.45) is 4.94. The summed E-state index contributed by atoms with van der Waals surface area (Å²) in [5, 5.41) is 15.2. The number of hydrogen-bond donors (Lipinski definition) is 1. The first-order chi connectivity index (χ1) is 15.1. The minimum Gasteiger partial charge on any atom is -0.438 e. The van der Waals surface area contributed by atoms with Crippen molar-refractivity contribution in [3.8, 4) is 17.4 Å². The molecule has 0 bridgehead atoms. The molecule has 0 aliphatic heterocycles. The van der Waals surface area contributed by atoms with E-state index in [-0.39, 0.29) is 11.7 Å². The Morgan fingerprint density at radius 2 is 1.77 bits per heavy atom. The van der Waals surface area contributed by atoms with Gasteiger partial charge in [0.15, 0.2) is 5.82 Å². The number of benzene rings is 2. The second-order valence-electron chi connectivity index (χ2n) is 7.35. The van der Waals surface area contributed by atoms with Gasteiger partial charge in [-0.3, -0.25) is 4.79 Å². The van der Waals surface area contributed by atoms with Crippen molar-refractivity contribution in [1.82, 2.24) is 20.0 Å². The molecule has 1 saturated carbocycles. The van der Waals surface area contributed by atoms with E-state index in [0.717, 1.165) is 18.4 Å². The Bertz CT molecular complexity index is 1190. The predicted octanol–water partition coefficient (Wildman–Crippen LogP) is 4.26. The number of hydrogen-bond acceptors (Lipinski definition) is 5. The Hall–Kier alpha value is -4.07. The molecule has 31 heavy (non-hydrogen) atoms. The van der Waals surface area contributed by atoms with E-state index in [1.54, 1.807) is 71.7 Å². The third-order valence-corrected chi connectivity index (χ3v) is 5.28. The zero-order valence-corrected chi connectivity index (χ0v) is 16.4. The summed E-state index contributed by atoms with van der Waals surface area (Å²) in [5.74, 6) is 1.11. The molecule has 0 radical (unpaired) electrons. The van der Waals surface area contributed by atoms with Crippen molar-refractivity contribution >= 4 is 11.6 Å². The maximum absolute atomic E-state index is 13.2. The van der Waals surface area contributed by atoms with Gasteiger partial charge in [0.05, 0.1) is 5.41 Å². The van der Waals surface area contributed by atoms with Gasteiger partial charge in [-0.05, 0) is 66.9 Å². The molecule has 2 heterocycles. The van der Waals surface area contributed by atoms with Crippen LogP contribution in [-0.2, 0) is 10.2 Å². The van der Waals surface area contributed by atoms with Crippen molar-refractivity contribution in [2.75, 3.05) is 5.32 Å². The average molecular weight is 415 g/mol. The van der Waals surface area contributed by atoms with Crippen molar-refractivity contribution in [3.63, 3.8) is 0 Å². The highest BCUT2D eigenvalue weighted by molar-refractivity contribution is 6.01. The second kappa shape index (κ2) is 7.64. The zero-order chi connectivity index (χ0) is 21.3. The summed E-state index contributed by atoms with van der Waals surface area (Å²) < 4.78 is 20.5. The fraction of sp³-hybridized carbons (Fsp3) is 0.130. The molecule has 154 valence electrons. The van der Waals surface area contributed by atoms with E-state index in [1.807, 2.05) is 0 Å². The number of carbonyl (C=O) groups is 1. The van der Waals surface area contributed by atoms with Crippen LogP contribution >= 0.6 is 0 Å². The fourth-order valence-corrected chi connectivity index (χ4v) is 3.41. The fourth-order valence-electron chi connectivity index (χ4n) is 3.41. The molecule has 7 nitrogen and oxygen atoms in total. The normalized spacial score (nSPS) is 14.1. The Balaban J connectivity index is 1.23. The van der Waals surface area contributed by atoms with Crippen LogP contribution in [0, 0.1) is 5.82 Å². The van der Waals surface area contributed by atoms with Crippen LogP contribution in [0.25, 0.3) is 5.82 Å². The smallest absolute Gasteiger partial charge is 0.238 e. The van der Waals surface area contributed by atoms with Gasteiger partial charge in [0, 0.05) is 24.1 Å². The lowest BCUT2D eigenvalue weighted by molar-refractivity contribution is -0.118. The predicted molar refractivity (Wildman–Crippen MR) is 112 cm³/mol. The number of ether oxygens (including phenoxy) is 1. The van der Waals surface area contributed by atoms with Crippen molar-refractivity contribution in [2.24, 2.45) is 0 Å². The van der Waals surface area contributed by atoms with E-state index in [9.17, 15) is 9.18 Å². The van der Waals surface area contributed by atoms with Crippen molar-refractivity contribution in [2.45, 2.75) is 18.3 Å². The van der Waals surface area contributed by atoms with E-state index in [0.29, 0.717) is 23.1 Å². The van der Waals surface area contributed by atoms with Crippen LogP contribution in [0.5, 0.6) is 11.6 Å². The maximum Gasteiger partial charge on any atom is 0.238 e. The van der Waals surface area contributed by atoms with Gasteiger partial charge in [0.25, 0.3) is 0 Å². The highest BCUT2D eigenvalue weighted by atomic mass is 19.1. The van der Waals surface area contributed by atoms with E-state index in [2.05, 4.69) is 20.6 Å². The maximum atomic E-state index is 13.2. The van der Waals surface area contributed by atoms with Gasteiger partial charge in [-0.2, -0.15) is 5.10 Å². The van der Waals surface area contributed by atoms with Crippen LogP contribution in [0.3, 0.4) is 0 Å². The number of amides is 1. The lowest BCUT2D eigenvalue weighted by atomic mass is 9.95. The molecule has 5 rings (SSSR count). The number of nitrogens with zero attached hydrogens (tertiary/aromatic N) is 4. The summed E-state index contributed by atoms with van der Waals surface area (Å²) in [6.45, 7) is 0. The Morgan fingerprint density at radius 3 is 2.39 bits per heavy atom. The van der Waals surface area contributed by atoms with Crippen molar-refractivity contribution < 1.29 is 13.9 Å². The molecule has 2 aromatic carbocycles. The molecule has 1 amide bonds. The molecule has 0 saturated heterocycles. The number of carbonyl (C=O) groups excluding carboxylic acids is 1. The minimum absolute atomic E-state index is 0.0900. The summed E-state index contributed by atoms with van der Waals surface area (Å²) >= 11 is 0. The van der Waals surface area contributed by atoms with Gasteiger partial charge in [0.1, 0.15) is 11.6 Å². The number of rotatable bonds is 6. The average Bonchev–Trinajstić information content (AvgIpc) is 3.42. The van der Waals surface area contributed by atoms with Crippen LogP contribution in [0.2, 0.25) is 0 Å². The summed E-state index contributed by atoms with van der Waals surface area (Å²) in [5.41, 5.74) is 0.920. The van der Waals surface area contributed by atoms with Gasteiger partial charge in [-0.25, -0.2) is 9.07 Å². The first-order valence-corrected chi connectivity index (χ1v) is 9.82. The molecule has 0 unspecified atom stereocenters. The van der Waals surface area contributed by atoms with Gasteiger partial charge in [-0.1, -0.05) is 12.1 Å². The van der Waals surface area contributed by atoms with Crippen LogP contribution in [0.15, 0.2) is 79.1 Å². The van der Waals surface area contributed by atoms with Crippen molar-refractivity contribution in [3.05, 3.63) is 90.5 Å². The molecular weight excluding hydrogens is 397 g/mol. The van der Waals surface area contributed by atoms with Crippen LogP contribution in [-0.4, -0.2) is 25.9 Å². The highest BCUT2D eigenvalue weighted by Gasteiger charge is 2.51. The first-order valence-electron chi connectivity index (χ1n) is 9.82. The summed E-state index contributed by atoms with van der Waals surface area (Å²) in [7, 11) is 0.